The van der Waals surface area contributed by atoms with Crippen LogP contribution in [0.3, 0.4) is 0 Å². The number of carboxylic acids is 9. The Hall–Kier alpha value is -9.94. The van der Waals surface area contributed by atoms with Crippen molar-refractivity contribution in [3.8, 4) is 0 Å². The van der Waals surface area contributed by atoms with Crippen molar-refractivity contribution in [3.05, 3.63) is 0 Å². The number of unbranched alkanes of at least 4 members (excludes halogenated alkanes) is 10. The van der Waals surface area contributed by atoms with E-state index < -0.39 is 218 Å². The van der Waals surface area contributed by atoms with E-state index in [1.54, 1.807) is 0 Å². The molecule has 0 amide bonds. The summed E-state index contributed by atoms with van der Waals surface area (Å²) in [5, 5.41) is 144. The molecule has 0 fully saturated rings. The Morgan fingerprint density at radius 2 is 0.328 bits per heavy atom. The zero-order valence-electron chi connectivity index (χ0n) is 71.4. The van der Waals surface area contributed by atoms with Crippen LogP contribution in [0.4, 0.5) is 0 Å². The fraction of sp³-hybridized carbons (Fsp3) is 0.763. The van der Waals surface area contributed by atoms with Gasteiger partial charge in [-0.1, -0.05) is 133 Å². The van der Waals surface area contributed by atoms with Crippen LogP contribution >= 0.6 is 0 Å². The van der Waals surface area contributed by atoms with Crippen molar-refractivity contribution in [2.75, 3.05) is 66.1 Å². The average molecular weight is 1790 g/mol. The predicted octanol–water partition coefficient (Wildman–Crippen LogP) is 2.39. The summed E-state index contributed by atoms with van der Waals surface area (Å²) in [4.78, 5) is 199. The van der Waals surface area contributed by atoms with Crippen molar-refractivity contribution in [3.63, 3.8) is 0 Å². The van der Waals surface area contributed by atoms with Crippen LogP contribution in [0.15, 0.2) is 0 Å². The van der Waals surface area contributed by atoms with Crippen LogP contribution in [0.25, 0.3) is 0 Å². The number of hydrogen-bond acceptors (Lipinski definition) is 34. The van der Waals surface area contributed by atoms with Crippen LogP contribution in [-0.2, 0) is 129 Å². The highest BCUT2D eigenvalue weighted by Gasteiger charge is 2.47. The molecule has 0 radical (unpaired) electrons. The van der Waals surface area contributed by atoms with Gasteiger partial charge in [-0.3, -0.25) is 57.5 Å². The third-order valence-corrected chi connectivity index (χ3v) is 14.9. The van der Waals surface area contributed by atoms with E-state index in [4.69, 9.17) is 89.3 Å². The van der Waals surface area contributed by atoms with Crippen molar-refractivity contribution < 1.29 is 228 Å². The smallest absolute Gasteiger partial charge is 0.339 e. The van der Waals surface area contributed by atoms with Crippen LogP contribution in [0.1, 0.15) is 276 Å². The topological polar surface area (TPSA) is 809 Å². The fourth-order valence-corrected chi connectivity index (χ4v) is 7.97. The lowest BCUT2D eigenvalue weighted by Gasteiger charge is -2.24. The number of aliphatic carboxylic acids is 9. The quantitative estimate of drug-likeness (QED) is 0.0236. The van der Waals surface area contributed by atoms with E-state index in [1.807, 2.05) is 62.3 Å². The summed E-state index contributed by atoms with van der Waals surface area (Å²) in [6.07, 6.45) is 4.39. The molecule has 0 aromatic heterocycles. The molecule has 0 heterocycles. The van der Waals surface area contributed by atoms with Gasteiger partial charge in [0.2, 0.25) is 0 Å². The van der Waals surface area contributed by atoms with Gasteiger partial charge in [0.15, 0.2) is 33.6 Å². The second kappa shape index (κ2) is 78.3. The first-order valence-electron chi connectivity index (χ1n) is 38.8. The predicted molar refractivity (Wildman–Crippen MR) is 422 cm³/mol. The summed E-state index contributed by atoms with van der Waals surface area (Å²) in [5.74, 6) is -22.5. The van der Waals surface area contributed by atoms with E-state index in [2.05, 4.69) is 16.4 Å². The van der Waals surface area contributed by atoms with E-state index >= 15 is 0 Å². The summed E-state index contributed by atoms with van der Waals surface area (Å²) >= 11 is 0. The minimum Gasteiger partial charge on any atom is -0.481 e. The highest BCUT2D eigenvalue weighted by molar-refractivity contribution is 5.93. The molecule has 0 rings (SSSR count). The van der Waals surface area contributed by atoms with Gasteiger partial charge in [-0.15, -0.1) is 0 Å². The average Bonchev–Trinajstić information content (AvgIpc) is 0.835. The van der Waals surface area contributed by atoms with Crippen molar-refractivity contribution >= 4 is 107 Å². The number of carbonyl (C=O) groups excluding carboxylic acids is 9. The monoisotopic (exact) mass is 1790 g/mol. The lowest BCUT2D eigenvalue weighted by Crippen LogP contribution is -2.45. The Morgan fingerprint density at radius 1 is 0.205 bits per heavy atom. The number of carboxylic acid groups (broad SMARTS) is 9. The maximum atomic E-state index is 12.2. The summed E-state index contributed by atoms with van der Waals surface area (Å²) < 4.78 is 43.5. The highest BCUT2D eigenvalue weighted by atomic mass is 16.6. The van der Waals surface area contributed by atoms with Crippen molar-refractivity contribution in [2.24, 2.45) is 0 Å². The van der Waals surface area contributed by atoms with Gasteiger partial charge in [0.05, 0.1) is 137 Å². The molecule has 0 spiro atoms. The van der Waals surface area contributed by atoms with Gasteiger partial charge >= 0.3 is 107 Å². The van der Waals surface area contributed by atoms with Crippen molar-refractivity contribution in [2.45, 2.75) is 308 Å². The van der Waals surface area contributed by atoms with Gasteiger partial charge in [0.25, 0.3) is 0 Å². The van der Waals surface area contributed by atoms with Crippen LogP contribution in [0, 0.1) is 0 Å². The third-order valence-electron chi connectivity index (χ3n) is 14.9. The van der Waals surface area contributed by atoms with Crippen LogP contribution in [-0.4, -0.2) is 305 Å². The van der Waals surface area contributed by atoms with Gasteiger partial charge in [0.1, 0.15) is 0 Å². The summed E-state index contributed by atoms with van der Waals surface area (Å²) in [7, 11) is 0. The van der Waals surface area contributed by atoms with Crippen LogP contribution in [0.2, 0.25) is 0 Å². The van der Waals surface area contributed by atoms with E-state index in [9.17, 15) is 112 Å². The second-order valence-corrected chi connectivity index (χ2v) is 26.6. The lowest BCUT2D eigenvalue weighted by molar-refractivity contribution is -0.178. The van der Waals surface area contributed by atoms with E-state index in [1.165, 1.54) is 0 Å². The number of carbonyl (C=O) groups is 18. The molecule has 46 nitrogen and oxygen atoms in total. The summed E-state index contributed by atoms with van der Waals surface area (Å²) in [6.45, 7) is 20.8. The van der Waals surface area contributed by atoms with Gasteiger partial charge in [-0.25, -0.2) is 28.8 Å². The van der Waals surface area contributed by atoms with Gasteiger partial charge in [0, 0.05) is 8.03 Å². The molecule has 0 aliphatic carbocycles. The molecule has 0 aromatic carbocycles. The SMILES string of the molecule is CCCCO.CCCCOC(=O)C(O)(CC(=O)O)CC(=O)O.CCCCOC(=O)CC(O)(CC(=O)O)C(=O)O.CCCCOC(=O)CC(O)(CC(=O)O)C(=O)OCCCC.CCCCOC(=O)CC(O)(CC(=O)OCCCC)C(=O)O.CCCCOC(=O)CC(O)(CC(=O)OCCCC)C(=O)OCCCC.O.O.O.O=C(O)CC(O)(CC(=O)O)C(=O)O.[2HH]. The molecule has 46 heteroatoms. The summed E-state index contributed by atoms with van der Waals surface area (Å²) in [5.41, 5.74) is -15.0. The Kier molecular flexibility index (Phi) is 85.2. The summed E-state index contributed by atoms with van der Waals surface area (Å²) in [6, 6.07) is 0. The van der Waals surface area contributed by atoms with Gasteiger partial charge in [-0.2, -0.15) is 0 Å². The highest BCUT2D eigenvalue weighted by Crippen LogP contribution is 2.24. The maximum absolute atomic E-state index is 12.2. The number of esters is 9. The number of aliphatic hydroxyl groups is 7. The molecule has 0 aliphatic heterocycles. The third kappa shape index (κ3) is 73.9. The molecule has 2 atom stereocenters. The zero-order chi connectivity index (χ0) is 93.5. The first-order valence-corrected chi connectivity index (χ1v) is 38.8. The second-order valence-electron chi connectivity index (χ2n) is 26.6. The number of ether oxygens (including phenoxy) is 9. The van der Waals surface area contributed by atoms with Crippen LogP contribution in [0.5, 0.6) is 0 Å². The normalized spacial score (nSPS) is 11.4. The van der Waals surface area contributed by atoms with Crippen molar-refractivity contribution in [1.29, 1.82) is 0 Å². The molecule has 122 heavy (non-hydrogen) atoms. The molecule has 0 saturated carbocycles. The molecule has 22 N–H and O–H groups in total. The van der Waals surface area contributed by atoms with Crippen molar-refractivity contribution in [1.82, 2.24) is 0 Å². The Balaban J connectivity index is -0.000000135. The molecule has 0 bridgehead atoms. The largest absolute Gasteiger partial charge is 0.481 e. The molecule has 2 unspecified atom stereocenters. The fourth-order valence-electron chi connectivity index (χ4n) is 7.97. The molecule has 0 saturated heterocycles. The standard InChI is InChI=1S/C18H32O7.2C14H24O7.2C10H16O7.C6H8O7.C4H10O.3H2O.H2/c1-4-7-10-23-15(19)13-18(22,17(21)25-12-9-6-3)14-16(20)24-11-8-5-2;1-3-5-7-20-11(15)9-14(19,13(17)18)10-12(16)21-8-6-4-2;1-3-5-7-20-12(17)10-14(19,9-11(15)16)13(18)21-8-6-4-2;1-2-3-4-17-8(13)6-10(16,9(14)15)5-7(11)12;1-2-3-4-17-9(15)10(16,5-7(11)12)6-8(13)14;7-3(8)1-6(13,5(11)12)2-4(9)10;1-2-3-4-5;;;;/h22H,4-14H2,1-3H3;19H,3-10H2,1-2H3,(H,17,18);19H,3-10H2,1-2H3,(H,15,16);16H,2-6H2,1H3,(H,11,12)(H,14,15);16H,2-6H2,1H3,(H,11,12)(H,13,14);13H,1-2H2,(H,7,8)(H,9,10)(H,11,12);5H,2-4H2,1H3;3*1H2;1H/i;;;;;;;;;;1+1. The maximum Gasteiger partial charge on any atom is 0.339 e. The Morgan fingerprint density at radius 3 is 0.467 bits per heavy atom. The Labute approximate surface area is 708 Å². The van der Waals surface area contributed by atoms with E-state index in [0.29, 0.717) is 64.4 Å². The minimum atomic E-state index is -2.74. The first kappa shape index (κ1) is 133. The molecule has 0 aliphatic rings. The molecule has 0 aromatic rings. The molecule has 718 valence electrons. The molecular formula is C76H138O46. The first-order chi connectivity index (χ1) is 55.4. The number of rotatable bonds is 59. The minimum absolute atomic E-state index is 0. The van der Waals surface area contributed by atoms with E-state index in [0.717, 1.165) is 70.6 Å². The van der Waals surface area contributed by atoms with Gasteiger partial charge in [-0.05, 0) is 64.2 Å². The number of aliphatic hydroxyl groups excluding tert-OH is 1. The zero-order valence-corrected chi connectivity index (χ0v) is 71.4. The Bertz CT molecular complexity index is 2930. The van der Waals surface area contributed by atoms with Gasteiger partial charge < -0.3 is 141 Å². The molecular weight excluding hydrogens is 1650 g/mol. The van der Waals surface area contributed by atoms with E-state index in [-0.39, 0.29) is 77.3 Å². The number of hydrogen-bond donors (Lipinski definition) is 16. The lowest BCUT2D eigenvalue weighted by atomic mass is 9.95. The van der Waals surface area contributed by atoms with Crippen LogP contribution < -0.4 is 0 Å².